The quantitative estimate of drug-likeness (QED) is 0.936. The van der Waals surface area contributed by atoms with Gasteiger partial charge in [-0.15, -0.1) is 13.2 Å². The van der Waals surface area contributed by atoms with Crippen LogP contribution in [-0.2, 0) is 9.84 Å². The van der Waals surface area contributed by atoms with E-state index < -0.39 is 27.7 Å². The Kier molecular flexibility index (Phi) is 4.06. The van der Waals surface area contributed by atoms with Crippen molar-refractivity contribution in [2.45, 2.75) is 11.3 Å². The average Bonchev–Trinajstić information content (AvgIpc) is 2.35. The SMILES string of the molecule is CS(=O)(=O)c1cccc(-c2cc(O)cc(OC(F)(F)F)c2)c1. The first kappa shape index (κ1) is 16.2. The summed E-state index contributed by atoms with van der Waals surface area (Å²) in [5.41, 5.74) is 0.538. The van der Waals surface area contributed by atoms with Gasteiger partial charge in [-0.25, -0.2) is 8.42 Å². The van der Waals surface area contributed by atoms with Crippen LogP contribution in [0.15, 0.2) is 47.4 Å². The molecule has 2 rings (SSSR count). The van der Waals surface area contributed by atoms with E-state index in [1.165, 1.54) is 30.3 Å². The Morgan fingerprint density at radius 2 is 1.73 bits per heavy atom. The molecule has 118 valence electrons. The van der Waals surface area contributed by atoms with E-state index in [1.807, 2.05) is 0 Å². The van der Waals surface area contributed by atoms with Crippen LogP contribution in [0, 0.1) is 0 Å². The van der Waals surface area contributed by atoms with Gasteiger partial charge in [0, 0.05) is 12.3 Å². The predicted octanol–water partition coefficient (Wildman–Crippen LogP) is 3.36. The fourth-order valence-corrected chi connectivity index (χ4v) is 2.52. The third-order valence-electron chi connectivity index (χ3n) is 2.72. The minimum absolute atomic E-state index is 0.0200. The first-order valence-electron chi connectivity index (χ1n) is 5.95. The number of sulfone groups is 1. The first-order chi connectivity index (χ1) is 10.0. The van der Waals surface area contributed by atoms with Crippen LogP contribution in [0.2, 0.25) is 0 Å². The molecule has 0 spiro atoms. The highest BCUT2D eigenvalue weighted by Crippen LogP contribution is 2.32. The lowest BCUT2D eigenvalue weighted by Gasteiger charge is -2.11. The Morgan fingerprint density at radius 1 is 1.05 bits per heavy atom. The Hall–Kier alpha value is -2.22. The molecule has 0 aliphatic carbocycles. The van der Waals surface area contributed by atoms with E-state index in [0.717, 1.165) is 18.4 Å². The Balaban J connectivity index is 2.49. The van der Waals surface area contributed by atoms with E-state index in [9.17, 15) is 26.7 Å². The molecule has 0 bridgehead atoms. The minimum Gasteiger partial charge on any atom is -0.508 e. The number of phenolic OH excluding ortho intramolecular Hbond substituents is 1. The number of hydrogen-bond donors (Lipinski definition) is 1. The van der Waals surface area contributed by atoms with Gasteiger partial charge >= 0.3 is 6.36 Å². The molecule has 2 aromatic rings. The van der Waals surface area contributed by atoms with Gasteiger partial charge < -0.3 is 9.84 Å². The summed E-state index contributed by atoms with van der Waals surface area (Å²) in [5, 5.41) is 9.52. The molecule has 0 aliphatic heterocycles. The van der Waals surface area contributed by atoms with Crippen LogP contribution in [0.3, 0.4) is 0 Å². The smallest absolute Gasteiger partial charge is 0.508 e. The maximum absolute atomic E-state index is 12.2. The van der Waals surface area contributed by atoms with E-state index in [4.69, 9.17) is 0 Å². The Labute approximate surface area is 124 Å². The van der Waals surface area contributed by atoms with Crippen molar-refractivity contribution in [2.24, 2.45) is 0 Å². The van der Waals surface area contributed by atoms with E-state index in [2.05, 4.69) is 4.74 Å². The first-order valence-corrected chi connectivity index (χ1v) is 7.84. The summed E-state index contributed by atoms with van der Waals surface area (Å²) >= 11 is 0. The van der Waals surface area contributed by atoms with Crippen LogP contribution in [0.1, 0.15) is 0 Å². The lowest BCUT2D eigenvalue weighted by Crippen LogP contribution is -2.17. The number of aromatic hydroxyl groups is 1. The van der Waals surface area contributed by atoms with E-state index in [-0.39, 0.29) is 10.5 Å². The highest BCUT2D eigenvalue weighted by molar-refractivity contribution is 7.90. The Morgan fingerprint density at radius 3 is 2.32 bits per heavy atom. The second kappa shape index (κ2) is 5.53. The zero-order valence-electron chi connectivity index (χ0n) is 11.3. The molecular weight excluding hydrogens is 321 g/mol. The van der Waals surface area contributed by atoms with Crippen molar-refractivity contribution in [2.75, 3.05) is 6.26 Å². The van der Waals surface area contributed by atoms with Crippen LogP contribution in [0.5, 0.6) is 11.5 Å². The van der Waals surface area contributed by atoms with Crippen LogP contribution < -0.4 is 4.74 Å². The molecule has 22 heavy (non-hydrogen) atoms. The predicted molar refractivity (Wildman–Crippen MR) is 73.3 cm³/mol. The van der Waals surface area contributed by atoms with E-state index >= 15 is 0 Å². The summed E-state index contributed by atoms with van der Waals surface area (Å²) in [5.74, 6) is -1.02. The monoisotopic (exact) mass is 332 g/mol. The molecule has 0 aromatic heterocycles. The molecule has 0 unspecified atom stereocenters. The van der Waals surface area contributed by atoms with Crippen molar-refractivity contribution in [3.05, 3.63) is 42.5 Å². The van der Waals surface area contributed by atoms with Crippen LogP contribution >= 0.6 is 0 Å². The highest BCUT2D eigenvalue weighted by Gasteiger charge is 2.31. The molecule has 1 N–H and O–H groups in total. The Bertz CT molecular complexity index is 798. The molecule has 0 radical (unpaired) electrons. The molecule has 0 aliphatic rings. The number of halogens is 3. The summed E-state index contributed by atoms with van der Waals surface area (Å²) < 4.78 is 63.5. The third kappa shape index (κ3) is 4.14. The summed E-state index contributed by atoms with van der Waals surface area (Å²) in [6.45, 7) is 0. The van der Waals surface area contributed by atoms with Crippen molar-refractivity contribution in [1.29, 1.82) is 0 Å². The number of alkyl halides is 3. The maximum Gasteiger partial charge on any atom is 0.573 e. The largest absolute Gasteiger partial charge is 0.573 e. The zero-order valence-corrected chi connectivity index (χ0v) is 12.1. The number of rotatable bonds is 3. The fraction of sp³-hybridized carbons (Fsp3) is 0.143. The second-order valence-corrected chi connectivity index (χ2v) is 6.58. The number of hydrogen-bond acceptors (Lipinski definition) is 4. The summed E-state index contributed by atoms with van der Waals surface area (Å²) in [6, 6.07) is 8.74. The van der Waals surface area contributed by atoms with Crippen LogP contribution in [0.25, 0.3) is 11.1 Å². The van der Waals surface area contributed by atoms with Gasteiger partial charge in [-0.3, -0.25) is 0 Å². The van der Waals surface area contributed by atoms with Gasteiger partial charge in [-0.05, 0) is 35.4 Å². The molecular formula is C14H11F3O4S. The van der Waals surface area contributed by atoms with Gasteiger partial charge in [0.1, 0.15) is 11.5 Å². The van der Waals surface area contributed by atoms with Crippen molar-refractivity contribution in [3.63, 3.8) is 0 Å². The fourth-order valence-electron chi connectivity index (χ4n) is 1.85. The molecule has 4 nitrogen and oxygen atoms in total. The zero-order chi connectivity index (χ0) is 16.5. The van der Waals surface area contributed by atoms with Crippen molar-refractivity contribution in [3.8, 4) is 22.6 Å². The third-order valence-corrected chi connectivity index (χ3v) is 3.83. The van der Waals surface area contributed by atoms with Gasteiger partial charge in [0.2, 0.25) is 0 Å². The van der Waals surface area contributed by atoms with Crippen LogP contribution in [-0.4, -0.2) is 26.1 Å². The summed E-state index contributed by atoms with van der Waals surface area (Å²) in [7, 11) is -3.46. The number of ether oxygens (including phenoxy) is 1. The molecule has 2 aromatic carbocycles. The molecule has 0 heterocycles. The minimum atomic E-state index is -4.89. The van der Waals surface area contributed by atoms with Gasteiger partial charge in [0.15, 0.2) is 9.84 Å². The number of phenols is 1. The maximum atomic E-state index is 12.2. The van der Waals surface area contributed by atoms with Crippen LogP contribution in [0.4, 0.5) is 13.2 Å². The molecule has 8 heteroatoms. The molecule has 0 amide bonds. The van der Waals surface area contributed by atoms with E-state index in [0.29, 0.717) is 5.56 Å². The molecule has 0 saturated heterocycles. The summed E-state index contributed by atoms with van der Waals surface area (Å²) in [6.07, 6.45) is -3.87. The lowest BCUT2D eigenvalue weighted by molar-refractivity contribution is -0.274. The van der Waals surface area contributed by atoms with Gasteiger partial charge in [0.05, 0.1) is 4.90 Å². The highest BCUT2D eigenvalue weighted by atomic mass is 32.2. The molecule has 0 atom stereocenters. The van der Waals surface area contributed by atoms with Crippen molar-refractivity contribution in [1.82, 2.24) is 0 Å². The molecule has 0 saturated carbocycles. The average molecular weight is 332 g/mol. The van der Waals surface area contributed by atoms with Gasteiger partial charge in [-0.2, -0.15) is 0 Å². The second-order valence-electron chi connectivity index (χ2n) is 4.56. The van der Waals surface area contributed by atoms with Gasteiger partial charge in [-0.1, -0.05) is 12.1 Å². The van der Waals surface area contributed by atoms with Gasteiger partial charge in [0.25, 0.3) is 0 Å². The van der Waals surface area contributed by atoms with Crippen molar-refractivity contribution < 1.29 is 31.4 Å². The van der Waals surface area contributed by atoms with E-state index in [1.54, 1.807) is 0 Å². The van der Waals surface area contributed by atoms with Crippen molar-refractivity contribution >= 4 is 9.84 Å². The lowest BCUT2D eigenvalue weighted by atomic mass is 10.1. The molecule has 0 fully saturated rings. The standard InChI is InChI=1S/C14H11F3O4S/c1-22(19,20)13-4-2-3-9(7-13)10-5-11(18)8-12(6-10)21-14(15,16)17/h2-8,18H,1H3. The number of benzene rings is 2. The topological polar surface area (TPSA) is 63.6 Å². The normalized spacial score (nSPS) is 12.2. The summed E-state index contributed by atoms with van der Waals surface area (Å²) in [4.78, 5) is 0.0200.